The molecule has 0 spiro atoms. The summed E-state index contributed by atoms with van der Waals surface area (Å²) in [6, 6.07) is 13.8. The number of amidine groups is 1. The minimum atomic E-state index is -0.634. The number of benzene rings is 2. The van der Waals surface area contributed by atoms with Crippen molar-refractivity contribution >= 4 is 58.2 Å². The van der Waals surface area contributed by atoms with E-state index in [0.717, 1.165) is 30.7 Å². The van der Waals surface area contributed by atoms with Gasteiger partial charge in [0, 0.05) is 26.7 Å². The maximum Gasteiger partial charge on any atom is 0.413 e. The van der Waals surface area contributed by atoms with Gasteiger partial charge in [-0.25, -0.2) is 4.79 Å². The molecule has 1 amide bonds. The van der Waals surface area contributed by atoms with Crippen molar-refractivity contribution in [1.82, 2.24) is 5.32 Å². The smallest absolute Gasteiger partial charge is 0.413 e. The van der Waals surface area contributed by atoms with Gasteiger partial charge in [-0.15, -0.1) is 23.1 Å². The maximum absolute atomic E-state index is 12.0. The van der Waals surface area contributed by atoms with Crippen molar-refractivity contribution in [2.75, 3.05) is 17.7 Å². The molecule has 1 heterocycles. The van der Waals surface area contributed by atoms with Crippen LogP contribution in [-0.4, -0.2) is 23.8 Å². The van der Waals surface area contributed by atoms with E-state index in [0.29, 0.717) is 16.3 Å². The average Bonchev–Trinajstić information content (AvgIpc) is 3.09. The number of nitrogens with two attached hydrogens (primary N) is 2. The molecule has 33 heavy (non-hydrogen) atoms. The molecular weight excluding hydrogens is 472 g/mol. The highest BCUT2D eigenvalue weighted by atomic mass is 32.2. The Morgan fingerprint density at radius 2 is 1.88 bits per heavy atom. The first-order valence-electron chi connectivity index (χ1n) is 10.2. The van der Waals surface area contributed by atoms with Crippen molar-refractivity contribution in [3.05, 3.63) is 52.9 Å². The Hall–Kier alpha value is -2.62. The molecule has 6 nitrogen and oxygen atoms in total. The fraction of sp³-hybridized carbons (Fsp3) is 0.250. The molecule has 6 N–H and O–H groups in total. The van der Waals surface area contributed by atoms with Crippen LogP contribution in [0.4, 0.5) is 16.2 Å². The Labute approximate surface area is 207 Å². The number of thioether (sulfide) groups is 1. The van der Waals surface area contributed by atoms with E-state index in [1.807, 2.05) is 43.5 Å². The van der Waals surface area contributed by atoms with Crippen molar-refractivity contribution in [2.24, 2.45) is 0 Å². The summed E-state index contributed by atoms with van der Waals surface area (Å²) < 4.78 is 6.32. The predicted molar refractivity (Wildman–Crippen MR) is 142 cm³/mol. The Morgan fingerprint density at radius 1 is 1.15 bits per heavy atom. The fourth-order valence-corrected chi connectivity index (χ4v) is 6.34. The van der Waals surface area contributed by atoms with Gasteiger partial charge in [0.15, 0.2) is 0 Å². The number of carbonyl (C=O) groups excluding carboxylic acids is 1. The van der Waals surface area contributed by atoms with Crippen molar-refractivity contribution in [3.63, 3.8) is 0 Å². The maximum atomic E-state index is 12.0. The monoisotopic (exact) mass is 500 g/mol. The zero-order valence-electron chi connectivity index (χ0n) is 19.2. The molecule has 0 radical (unpaired) electrons. The lowest BCUT2D eigenvalue weighted by atomic mass is 9.98. The molecule has 0 aliphatic rings. The lowest BCUT2D eigenvalue weighted by Gasteiger charge is -2.19. The normalized spacial score (nSPS) is 11.3. The molecule has 174 valence electrons. The Bertz CT molecular complexity index is 1180. The number of hydrogen-bond donors (Lipinski definition) is 4. The fourth-order valence-electron chi connectivity index (χ4n) is 3.24. The van der Waals surface area contributed by atoms with Gasteiger partial charge in [-0.1, -0.05) is 23.9 Å². The highest BCUT2D eigenvalue weighted by Crippen LogP contribution is 2.42. The van der Waals surface area contributed by atoms with E-state index in [1.165, 1.54) is 11.3 Å². The van der Waals surface area contributed by atoms with E-state index in [-0.39, 0.29) is 5.84 Å². The molecule has 1 aromatic heterocycles. The van der Waals surface area contributed by atoms with E-state index in [9.17, 15) is 4.79 Å². The summed E-state index contributed by atoms with van der Waals surface area (Å²) in [4.78, 5) is 14.8. The average molecular weight is 501 g/mol. The minimum Gasteiger partial charge on any atom is -0.444 e. The number of thiophene rings is 1. The van der Waals surface area contributed by atoms with Crippen molar-refractivity contribution in [1.29, 1.82) is 5.41 Å². The van der Waals surface area contributed by atoms with Gasteiger partial charge in [0.1, 0.15) is 11.4 Å². The van der Waals surface area contributed by atoms with Crippen LogP contribution in [0.1, 0.15) is 31.2 Å². The van der Waals surface area contributed by atoms with Gasteiger partial charge >= 0.3 is 6.09 Å². The molecule has 0 atom stereocenters. The Morgan fingerprint density at radius 3 is 2.52 bits per heavy atom. The van der Waals surface area contributed by atoms with Crippen molar-refractivity contribution < 1.29 is 9.53 Å². The predicted octanol–water partition coefficient (Wildman–Crippen LogP) is 6.61. The third-order valence-corrected chi connectivity index (χ3v) is 8.04. The van der Waals surface area contributed by atoms with Crippen LogP contribution < -0.4 is 16.8 Å². The van der Waals surface area contributed by atoms with Crippen LogP contribution in [0.2, 0.25) is 0 Å². The van der Waals surface area contributed by atoms with Crippen LogP contribution in [0.3, 0.4) is 0 Å². The molecule has 3 aromatic rings. The summed E-state index contributed by atoms with van der Waals surface area (Å²) in [5, 5.41) is 10.8. The number of aryl methyl sites for hydroxylation is 1. The second-order valence-corrected chi connectivity index (χ2v) is 11.6. The van der Waals surface area contributed by atoms with Crippen molar-refractivity contribution in [2.45, 2.75) is 47.3 Å². The van der Waals surface area contributed by atoms with E-state index in [1.54, 1.807) is 50.4 Å². The van der Waals surface area contributed by atoms with Gasteiger partial charge in [0.25, 0.3) is 0 Å². The van der Waals surface area contributed by atoms with Gasteiger partial charge in [-0.05, 0) is 75.4 Å². The topological polar surface area (TPSA) is 114 Å². The second kappa shape index (κ2) is 10.1. The first kappa shape index (κ1) is 25.0. The summed E-state index contributed by atoms with van der Waals surface area (Å²) in [5.74, 6) is 0.0235. The van der Waals surface area contributed by atoms with Gasteiger partial charge < -0.3 is 16.2 Å². The standard InChI is InChI=1S/C24H28N4O2S3/c1-13-9-15(25)11-17(26)20(13)14-7-6-8-16(10-14)32-19-12-18(33-22(19)31-5)21(27)28-23(29)30-24(2,3)4/h6-12H,25-26H2,1-5H3,(H2,27,28,29). The minimum absolute atomic E-state index is 0.0235. The van der Waals surface area contributed by atoms with E-state index in [2.05, 4.69) is 11.4 Å². The van der Waals surface area contributed by atoms with Crippen LogP contribution in [0, 0.1) is 12.3 Å². The largest absolute Gasteiger partial charge is 0.444 e. The molecule has 0 bridgehead atoms. The number of ether oxygens (including phenoxy) is 1. The van der Waals surface area contributed by atoms with Gasteiger partial charge in [0.05, 0.1) is 9.09 Å². The molecule has 0 aliphatic heterocycles. The van der Waals surface area contributed by atoms with Crippen molar-refractivity contribution in [3.8, 4) is 11.1 Å². The van der Waals surface area contributed by atoms with Crippen LogP contribution in [-0.2, 0) is 4.74 Å². The van der Waals surface area contributed by atoms with Crippen LogP contribution in [0.25, 0.3) is 11.1 Å². The van der Waals surface area contributed by atoms with Gasteiger partial charge in [-0.2, -0.15) is 0 Å². The van der Waals surface area contributed by atoms with Gasteiger partial charge in [0.2, 0.25) is 0 Å². The zero-order valence-corrected chi connectivity index (χ0v) is 21.7. The van der Waals surface area contributed by atoms with Crippen LogP contribution >= 0.6 is 34.9 Å². The van der Waals surface area contributed by atoms with Gasteiger partial charge in [-0.3, -0.25) is 10.7 Å². The quantitative estimate of drug-likeness (QED) is 0.136. The Balaban J connectivity index is 1.83. The Kier molecular flexibility index (Phi) is 7.66. The highest BCUT2D eigenvalue weighted by Gasteiger charge is 2.20. The summed E-state index contributed by atoms with van der Waals surface area (Å²) in [6.45, 7) is 7.36. The number of nitrogen functional groups attached to an aromatic ring is 2. The van der Waals surface area contributed by atoms with Crippen LogP contribution in [0.5, 0.6) is 0 Å². The molecule has 0 aliphatic carbocycles. The van der Waals surface area contributed by atoms with E-state index < -0.39 is 11.7 Å². The van der Waals surface area contributed by atoms with Crippen LogP contribution in [0.15, 0.2) is 56.5 Å². The molecule has 0 saturated carbocycles. The lowest BCUT2D eigenvalue weighted by Crippen LogP contribution is -2.36. The molecule has 0 saturated heterocycles. The number of anilines is 2. The SMILES string of the molecule is CSc1sc(C(=N)NC(=O)OC(C)(C)C)cc1Sc1cccc(-c2c(C)cc(N)cc2N)c1. The number of rotatable bonds is 5. The summed E-state index contributed by atoms with van der Waals surface area (Å²) >= 11 is 4.69. The number of nitrogens with one attached hydrogen (secondary N) is 2. The third-order valence-electron chi connectivity index (χ3n) is 4.46. The summed E-state index contributed by atoms with van der Waals surface area (Å²) in [6.07, 6.45) is 1.37. The lowest BCUT2D eigenvalue weighted by molar-refractivity contribution is 0.0563. The molecular formula is C24H28N4O2S3. The highest BCUT2D eigenvalue weighted by molar-refractivity contribution is 8.03. The zero-order chi connectivity index (χ0) is 24.3. The number of amides is 1. The first-order valence-corrected chi connectivity index (χ1v) is 13.0. The molecule has 0 fully saturated rings. The van der Waals surface area contributed by atoms with E-state index >= 15 is 0 Å². The number of hydrogen-bond acceptors (Lipinski definition) is 8. The molecule has 2 aromatic carbocycles. The third kappa shape index (κ3) is 6.46. The van der Waals surface area contributed by atoms with E-state index in [4.69, 9.17) is 21.6 Å². The first-order chi connectivity index (χ1) is 15.5. The number of alkyl carbamates (subject to hydrolysis) is 1. The second-order valence-electron chi connectivity index (χ2n) is 8.40. The number of carbonyl (C=O) groups is 1. The summed E-state index contributed by atoms with van der Waals surface area (Å²) in [5.41, 5.74) is 15.9. The summed E-state index contributed by atoms with van der Waals surface area (Å²) in [7, 11) is 0. The molecule has 0 unspecified atom stereocenters. The molecule has 9 heteroatoms. The molecule has 3 rings (SSSR count).